The number of aromatic nitrogens is 2. The highest BCUT2D eigenvalue weighted by molar-refractivity contribution is 5.79. The lowest BCUT2D eigenvalue weighted by molar-refractivity contribution is 0.259. The lowest BCUT2D eigenvalue weighted by atomic mass is 10.1. The number of likely N-dealkylation sites (N-methyl/N-ethyl adjacent to an activating group) is 1. The molecule has 0 aliphatic heterocycles. The highest BCUT2D eigenvalue weighted by Gasteiger charge is 2.10. The average molecular weight is 449 g/mol. The summed E-state index contributed by atoms with van der Waals surface area (Å²) < 4.78 is 7.98. The SMILES string of the molecule is CCNC(=NCc1ccccc1OCCN(C)C)NCc1ccccc1-n1nc(C)cc1C. The first kappa shape index (κ1) is 24.3. The van der Waals surface area contributed by atoms with Gasteiger partial charge in [-0.15, -0.1) is 0 Å². The molecule has 3 rings (SSSR count). The predicted molar refractivity (Wildman–Crippen MR) is 135 cm³/mol. The van der Waals surface area contributed by atoms with E-state index >= 15 is 0 Å². The number of ether oxygens (including phenoxy) is 1. The van der Waals surface area contributed by atoms with Gasteiger partial charge in [0, 0.05) is 30.9 Å². The van der Waals surface area contributed by atoms with Gasteiger partial charge in [-0.3, -0.25) is 0 Å². The van der Waals surface area contributed by atoms with Crippen molar-refractivity contribution in [3.63, 3.8) is 0 Å². The van der Waals surface area contributed by atoms with Gasteiger partial charge in [0.2, 0.25) is 0 Å². The topological polar surface area (TPSA) is 66.7 Å². The molecule has 0 spiro atoms. The van der Waals surface area contributed by atoms with Crippen molar-refractivity contribution in [3.05, 3.63) is 77.1 Å². The smallest absolute Gasteiger partial charge is 0.191 e. The fourth-order valence-corrected chi connectivity index (χ4v) is 3.54. The van der Waals surface area contributed by atoms with Crippen LogP contribution in [-0.2, 0) is 13.1 Å². The van der Waals surface area contributed by atoms with Crippen molar-refractivity contribution in [3.8, 4) is 11.4 Å². The van der Waals surface area contributed by atoms with Crippen LogP contribution in [0.15, 0.2) is 59.6 Å². The minimum absolute atomic E-state index is 0.534. The molecule has 0 unspecified atom stereocenters. The Morgan fingerprint density at radius 1 is 1.03 bits per heavy atom. The summed E-state index contributed by atoms with van der Waals surface area (Å²) in [4.78, 5) is 6.92. The number of nitrogens with zero attached hydrogens (tertiary/aromatic N) is 4. The third kappa shape index (κ3) is 7.08. The number of aryl methyl sites for hydroxylation is 2. The lowest BCUT2D eigenvalue weighted by Crippen LogP contribution is -2.37. The Hall–Kier alpha value is -3.32. The largest absolute Gasteiger partial charge is 0.492 e. The summed E-state index contributed by atoms with van der Waals surface area (Å²) >= 11 is 0. The summed E-state index contributed by atoms with van der Waals surface area (Å²) in [6, 6.07) is 18.5. The van der Waals surface area contributed by atoms with E-state index in [2.05, 4.69) is 64.8 Å². The average Bonchev–Trinajstić information content (AvgIpc) is 3.14. The molecule has 0 atom stereocenters. The summed E-state index contributed by atoms with van der Waals surface area (Å²) in [5, 5.41) is 11.5. The number of guanidine groups is 1. The van der Waals surface area contributed by atoms with E-state index in [-0.39, 0.29) is 0 Å². The number of para-hydroxylation sites is 2. The summed E-state index contributed by atoms with van der Waals surface area (Å²) in [5.41, 5.74) is 5.42. The van der Waals surface area contributed by atoms with Gasteiger partial charge in [0.1, 0.15) is 12.4 Å². The van der Waals surface area contributed by atoms with Crippen LogP contribution in [0, 0.1) is 13.8 Å². The summed E-state index contributed by atoms with van der Waals surface area (Å²) in [7, 11) is 4.09. The Labute approximate surface area is 197 Å². The molecule has 0 aliphatic carbocycles. The Balaban J connectivity index is 1.71. The van der Waals surface area contributed by atoms with Gasteiger partial charge in [0.05, 0.1) is 17.9 Å². The molecular weight excluding hydrogens is 412 g/mol. The summed E-state index contributed by atoms with van der Waals surface area (Å²) in [5.74, 6) is 1.65. The number of hydrogen-bond donors (Lipinski definition) is 2. The van der Waals surface area contributed by atoms with E-state index < -0.39 is 0 Å². The quantitative estimate of drug-likeness (QED) is 0.366. The van der Waals surface area contributed by atoms with Crippen LogP contribution in [0.3, 0.4) is 0 Å². The minimum atomic E-state index is 0.534. The second kappa shape index (κ2) is 12.1. The first-order chi connectivity index (χ1) is 16.0. The molecule has 0 radical (unpaired) electrons. The number of hydrogen-bond acceptors (Lipinski definition) is 4. The Bertz CT molecular complexity index is 1060. The molecule has 1 heterocycles. The van der Waals surface area contributed by atoms with Gasteiger partial charge in [-0.25, -0.2) is 9.67 Å². The maximum atomic E-state index is 5.99. The fraction of sp³-hybridized carbons (Fsp3) is 0.385. The third-order valence-corrected chi connectivity index (χ3v) is 5.20. The molecule has 2 N–H and O–H groups in total. The normalized spacial score (nSPS) is 11.6. The molecule has 2 aromatic carbocycles. The van der Waals surface area contributed by atoms with E-state index in [1.165, 1.54) is 0 Å². The summed E-state index contributed by atoms with van der Waals surface area (Å²) in [6.07, 6.45) is 0. The number of rotatable bonds is 10. The van der Waals surface area contributed by atoms with Gasteiger partial charge >= 0.3 is 0 Å². The van der Waals surface area contributed by atoms with Crippen molar-refractivity contribution < 1.29 is 4.74 Å². The van der Waals surface area contributed by atoms with Crippen LogP contribution in [0.5, 0.6) is 5.75 Å². The molecule has 7 heteroatoms. The Kier molecular flexibility index (Phi) is 8.89. The fourth-order valence-electron chi connectivity index (χ4n) is 3.54. The van der Waals surface area contributed by atoms with Crippen LogP contribution < -0.4 is 15.4 Å². The standard InChI is InChI=1S/C26H36N6O/c1-6-27-26(29-19-23-12-8-10-14-25(23)33-16-15-31(4)5)28-18-22-11-7-9-13-24(22)32-21(3)17-20(2)30-32/h7-14,17H,6,15-16,18-19H2,1-5H3,(H2,27,28,29). The predicted octanol–water partition coefficient (Wildman–Crippen LogP) is 3.68. The zero-order valence-electron chi connectivity index (χ0n) is 20.4. The molecule has 176 valence electrons. The molecule has 0 amide bonds. The van der Waals surface area contributed by atoms with E-state index in [1.54, 1.807) is 0 Å². The van der Waals surface area contributed by atoms with Crippen LogP contribution in [-0.4, -0.2) is 54.4 Å². The molecule has 0 aliphatic rings. The summed E-state index contributed by atoms with van der Waals surface area (Å²) in [6.45, 7) is 9.64. The van der Waals surface area contributed by atoms with Gasteiger partial charge in [-0.2, -0.15) is 5.10 Å². The number of aliphatic imine (C=N–C) groups is 1. The van der Waals surface area contributed by atoms with Crippen molar-refractivity contribution in [1.82, 2.24) is 25.3 Å². The van der Waals surface area contributed by atoms with Crippen molar-refractivity contribution in [2.75, 3.05) is 33.8 Å². The molecule has 0 saturated carbocycles. The monoisotopic (exact) mass is 448 g/mol. The van der Waals surface area contributed by atoms with E-state index in [4.69, 9.17) is 9.73 Å². The highest BCUT2D eigenvalue weighted by Crippen LogP contribution is 2.19. The first-order valence-corrected chi connectivity index (χ1v) is 11.5. The highest BCUT2D eigenvalue weighted by atomic mass is 16.5. The van der Waals surface area contributed by atoms with Gasteiger partial charge in [0.25, 0.3) is 0 Å². The van der Waals surface area contributed by atoms with E-state index in [0.29, 0.717) is 19.7 Å². The maximum Gasteiger partial charge on any atom is 0.191 e. The molecule has 0 fully saturated rings. The van der Waals surface area contributed by atoms with Gasteiger partial charge in [-0.1, -0.05) is 36.4 Å². The number of benzene rings is 2. The van der Waals surface area contributed by atoms with E-state index in [9.17, 15) is 0 Å². The van der Waals surface area contributed by atoms with Gasteiger partial charge in [-0.05, 0) is 58.6 Å². The second-order valence-electron chi connectivity index (χ2n) is 8.28. The van der Waals surface area contributed by atoms with Crippen LogP contribution in [0.2, 0.25) is 0 Å². The first-order valence-electron chi connectivity index (χ1n) is 11.5. The van der Waals surface area contributed by atoms with Gasteiger partial charge in [0.15, 0.2) is 5.96 Å². The molecule has 33 heavy (non-hydrogen) atoms. The molecule has 0 saturated heterocycles. The molecule has 1 aromatic heterocycles. The van der Waals surface area contributed by atoms with E-state index in [1.807, 2.05) is 50.0 Å². The van der Waals surface area contributed by atoms with Gasteiger partial charge < -0.3 is 20.3 Å². The Morgan fingerprint density at radius 3 is 2.45 bits per heavy atom. The van der Waals surface area contributed by atoms with Crippen LogP contribution >= 0.6 is 0 Å². The molecule has 7 nitrogen and oxygen atoms in total. The Morgan fingerprint density at radius 2 is 1.76 bits per heavy atom. The van der Waals surface area contributed by atoms with Crippen molar-refractivity contribution in [1.29, 1.82) is 0 Å². The van der Waals surface area contributed by atoms with Crippen molar-refractivity contribution in [2.45, 2.75) is 33.9 Å². The van der Waals surface area contributed by atoms with Crippen molar-refractivity contribution in [2.24, 2.45) is 4.99 Å². The number of nitrogens with one attached hydrogen (secondary N) is 2. The third-order valence-electron chi connectivity index (χ3n) is 5.20. The van der Waals surface area contributed by atoms with Crippen molar-refractivity contribution >= 4 is 5.96 Å². The van der Waals surface area contributed by atoms with Crippen LogP contribution in [0.1, 0.15) is 29.4 Å². The minimum Gasteiger partial charge on any atom is -0.492 e. The molecular formula is C26H36N6O. The lowest BCUT2D eigenvalue weighted by Gasteiger charge is -2.16. The molecule has 3 aromatic rings. The van der Waals surface area contributed by atoms with Crippen LogP contribution in [0.4, 0.5) is 0 Å². The second-order valence-corrected chi connectivity index (χ2v) is 8.28. The van der Waals surface area contributed by atoms with Crippen LogP contribution in [0.25, 0.3) is 5.69 Å². The molecule has 0 bridgehead atoms. The zero-order chi connectivity index (χ0) is 23.6. The van der Waals surface area contributed by atoms with E-state index in [0.717, 1.165) is 53.0 Å². The maximum absolute atomic E-state index is 5.99. The zero-order valence-corrected chi connectivity index (χ0v) is 20.4.